The van der Waals surface area contributed by atoms with Gasteiger partial charge in [-0.05, 0) is 41.8 Å². The van der Waals surface area contributed by atoms with E-state index in [4.69, 9.17) is 11.6 Å². The van der Waals surface area contributed by atoms with E-state index >= 15 is 0 Å². The molecule has 1 fully saturated rings. The van der Waals surface area contributed by atoms with E-state index in [0.29, 0.717) is 22.9 Å². The first-order valence-electron chi connectivity index (χ1n) is 9.48. The molecule has 3 aromatic rings. The molecule has 0 spiro atoms. The normalized spacial score (nSPS) is 18.7. The molecule has 0 radical (unpaired) electrons. The summed E-state index contributed by atoms with van der Waals surface area (Å²) in [5.41, 5.74) is 4.30. The Labute approximate surface area is 181 Å². The maximum Gasteiger partial charge on any atom is 0.255 e. The summed E-state index contributed by atoms with van der Waals surface area (Å²) in [6, 6.07) is 8.90. The van der Waals surface area contributed by atoms with E-state index in [2.05, 4.69) is 10.4 Å². The number of piperidine rings is 1. The third-order valence-corrected chi connectivity index (χ3v) is 6.82. The van der Waals surface area contributed by atoms with Crippen LogP contribution < -0.4 is 5.32 Å². The summed E-state index contributed by atoms with van der Waals surface area (Å²) in [5, 5.41) is 6.74. The number of benzene rings is 1. The molecule has 1 atom stereocenters. The second kappa shape index (κ2) is 7.07. The minimum atomic E-state index is -0.617. The van der Waals surface area contributed by atoms with Crippen molar-refractivity contribution >= 4 is 40.7 Å². The lowest BCUT2D eigenvalue weighted by Crippen LogP contribution is -2.52. The van der Waals surface area contributed by atoms with E-state index < -0.39 is 11.9 Å². The molecule has 9 heteroatoms. The number of amides is 3. The fourth-order valence-corrected chi connectivity index (χ4v) is 5.26. The first kappa shape index (κ1) is 19.0. The van der Waals surface area contributed by atoms with Gasteiger partial charge in [0.05, 0.1) is 21.1 Å². The molecule has 1 unspecified atom stereocenters. The number of nitrogens with one attached hydrogen (secondary N) is 1. The largest absolute Gasteiger partial charge is 0.322 e. The number of nitrogens with zero attached hydrogens (tertiary/aromatic N) is 3. The van der Waals surface area contributed by atoms with E-state index in [0.717, 1.165) is 27.3 Å². The molecule has 0 bridgehead atoms. The van der Waals surface area contributed by atoms with Gasteiger partial charge in [0.1, 0.15) is 6.04 Å². The summed E-state index contributed by atoms with van der Waals surface area (Å²) < 4.78 is 2.52. The first-order chi connectivity index (χ1) is 14.4. The zero-order chi connectivity index (χ0) is 21.0. The molecular weight excluding hydrogens is 424 g/mol. The Morgan fingerprint density at radius 1 is 1.17 bits per heavy atom. The molecule has 2 aliphatic heterocycles. The van der Waals surface area contributed by atoms with E-state index in [9.17, 15) is 14.4 Å². The molecule has 7 nitrogen and oxygen atoms in total. The second-order valence-electron chi connectivity index (χ2n) is 7.41. The fraction of sp³-hybridized carbons (Fsp3) is 0.238. The van der Waals surface area contributed by atoms with E-state index in [-0.39, 0.29) is 18.2 Å². The molecule has 2 aromatic heterocycles. The molecule has 1 saturated heterocycles. The Morgan fingerprint density at radius 2 is 2.00 bits per heavy atom. The molecule has 1 aromatic carbocycles. The second-order valence-corrected chi connectivity index (χ2v) is 9.12. The van der Waals surface area contributed by atoms with Crippen molar-refractivity contribution in [2.75, 3.05) is 0 Å². The highest BCUT2D eigenvalue weighted by atomic mass is 35.5. The van der Waals surface area contributed by atoms with Gasteiger partial charge in [0.2, 0.25) is 11.8 Å². The van der Waals surface area contributed by atoms with Gasteiger partial charge in [-0.15, -0.1) is 11.3 Å². The smallest absolute Gasteiger partial charge is 0.255 e. The zero-order valence-electron chi connectivity index (χ0n) is 16.0. The number of aryl methyl sites for hydroxylation is 1. The van der Waals surface area contributed by atoms with Crippen LogP contribution in [0.15, 0.2) is 36.5 Å². The van der Waals surface area contributed by atoms with Crippen LogP contribution in [0.1, 0.15) is 28.8 Å². The molecule has 3 amide bonds. The van der Waals surface area contributed by atoms with Crippen LogP contribution in [-0.2, 0) is 23.2 Å². The highest BCUT2D eigenvalue weighted by Gasteiger charge is 2.39. The molecule has 152 valence electrons. The van der Waals surface area contributed by atoms with Gasteiger partial charge in [-0.1, -0.05) is 17.7 Å². The highest BCUT2D eigenvalue weighted by molar-refractivity contribution is 7.19. The van der Waals surface area contributed by atoms with Crippen LogP contribution in [0.4, 0.5) is 0 Å². The van der Waals surface area contributed by atoms with Crippen LogP contribution >= 0.6 is 22.9 Å². The minimum absolute atomic E-state index is 0.178. The highest BCUT2D eigenvalue weighted by Crippen LogP contribution is 2.39. The van der Waals surface area contributed by atoms with Gasteiger partial charge in [-0.3, -0.25) is 24.4 Å². The number of thiophene rings is 1. The monoisotopic (exact) mass is 440 g/mol. The molecule has 1 N–H and O–H groups in total. The van der Waals surface area contributed by atoms with Gasteiger partial charge in [0.15, 0.2) is 0 Å². The SMILES string of the molecule is Cn1ncc(-c2ccc3c(c2)CN(C2CCC(=O)NC2=O)C3=O)c1-c1ccc(Cl)s1. The lowest BCUT2D eigenvalue weighted by atomic mass is 10.0. The number of aromatic nitrogens is 2. The first-order valence-corrected chi connectivity index (χ1v) is 10.7. The average Bonchev–Trinajstić information content (AvgIpc) is 3.39. The van der Waals surface area contributed by atoms with Crippen molar-refractivity contribution in [2.45, 2.75) is 25.4 Å². The predicted molar refractivity (Wildman–Crippen MR) is 113 cm³/mol. The maximum atomic E-state index is 12.9. The van der Waals surface area contributed by atoms with Crippen molar-refractivity contribution < 1.29 is 14.4 Å². The summed E-state index contributed by atoms with van der Waals surface area (Å²) in [7, 11) is 1.88. The summed E-state index contributed by atoms with van der Waals surface area (Å²) >= 11 is 7.61. The Kier molecular flexibility index (Phi) is 4.48. The Morgan fingerprint density at radius 3 is 2.73 bits per heavy atom. The summed E-state index contributed by atoms with van der Waals surface area (Å²) in [6.07, 6.45) is 2.40. The van der Waals surface area contributed by atoms with Crippen LogP contribution in [0.25, 0.3) is 21.7 Å². The number of fused-ring (bicyclic) bond motifs is 1. The Bertz CT molecular complexity index is 1210. The standard InChI is InChI=1S/C21H17ClN4O3S/c1-25-19(16-5-6-17(22)30-16)14(9-23-25)11-2-3-13-12(8-11)10-26(21(13)29)15-4-7-18(27)24-20(15)28/h2-3,5-6,8-9,15H,4,7,10H2,1H3,(H,24,27,28). The van der Waals surface area contributed by atoms with Crippen molar-refractivity contribution in [3.05, 3.63) is 52.0 Å². The van der Waals surface area contributed by atoms with Gasteiger partial charge in [0, 0.05) is 31.1 Å². The number of carbonyl (C=O) groups is 3. The molecule has 0 saturated carbocycles. The summed E-state index contributed by atoms with van der Waals surface area (Å²) in [6.45, 7) is 0.342. The van der Waals surface area contributed by atoms with Crippen LogP contribution in [0.2, 0.25) is 4.34 Å². The van der Waals surface area contributed by atoms with Crippen LogP contribution in [0.5, 0.6) is 0 Å². The van der Waals surface area contributed by atoms with Crippen LogP contribution in [0, 0.1) is 0 Å². The average molecular weight is 441 g/mol. The Balaban J connectivity index is 1.49. The maximum absolute atomic E-state index is 12.9. The third kappa shape index (κ3) is 3.03. The van der Waals surface area contributed by atoms with Gasteiger partial charge in [-0.2, -0.15) is 5.10 Å². The van der Waals surface area contributed by atoms with Crippen LogP contribution in [0.3, 0.4) is 0 Å². The quantitative estimate of drug-likeness (QED) is 0.634. The topological polar surface area (TPSA) is 84.3 Å². The van der Waals surface area contributed by atoms with Crippen LogP contribution in [-0.4, -0.2) is 38.4 Å². The summed E-state index contributed by atoms with van der Waals surface area (Å²) in [4.78, 5) is 39.1. The van der Waals surface area contributed by atoms with Gasteiger partial charge in [-0.25, -0.2) is 0 Å². The van der Waals surface area contributed by atoms with Crippen molar-refractivity contribution in [3.63, 3.8) is 0 Å². The van der Waals surface area contributed by atoms with E-state index in [1.807, 2.05) is 36.0 Å². The molecule has 0 aliphatic carbocycles. The molecular formula is C21H17ClN4O3S. The summed E-state index contributed by atoms with van der Waals surface area (Å²) in [5.74, 6) is -0.875. The number of hydrogen-bond acceptors (Lipinski definition) is 5. The van der Waals surface area contributed by atoms with E-state index in [1.165, 1.54) is 11.3 Å². The number of carbonyl (C=O) groups excluding carboxylic acids is 3. The van der Waals surface area contributed by atoms with E-state index in [1.54, 1.807) is 17.2 Å². The molecule has 2 aliphatic rings. The lowest BCUT2D eigenvalue weighted by Gasteiger charge is -2.29. The molecule has 4 heterocycles. The third-order valence-electron chi connectivity index (χ3n) is 5.58. The zero-order valence-corrected chi connectivity index (χ0v) is 17.6. The molecule has 30 heavy (non-hydrogen) atoms. The van der Waals surface area contributed by atoms with Crippen molar-refractivity contribution in [1.29, 1.82) is 0 Å². The van der Waals surface area contributed by atoms with Gasteiger partial charge >= 0.3 is 0 Å². The number of imide groups is 1. The molecule has 5 rings (SSSR count). The number of halogens is 1. The van der Waals surface area contributed by atoms with Crippen molar-refractivity contribution in [2.24, 2.45) is 7.05 Å². The van der Waals surface area contributed by atoms with Gasteiger partial charge < -0.3 is 4.90 Å². The van der Waals surface area contributed by atoms with Crippen molar-refractivity contribution in [1.82, 2.24) is 20.0 Å². The predicted octanol–water partition coefficient (Wildman–Crippen LogP) is 3.23. The van der Waals surface area contributed by atoms with Crippen molar-refractivity contribution in [3.8, 4) is 21.7 Å². The number of rotatable bonds is 3. The Hall–Kier alpha value is -2.97. The fourth-order valence-electron chi connectivity index (χ4n) is 4.12. The number of hydrogen-bond donors (Lipinski definition) is 1. The minimum Gasteiger partial charge on any atom is -0.322 e. The lowest BCUT2D eigenvalue weighted by molar-refractivity contribution is -0.136. The van der Waals surface area contributed by atoms with Gasteiger partial charge in [0.25, 0.3) is 5.91 Å².